The maximum absolute atomic E-state index is 11.2. The average molecular weight is 681 g/mol. The highest BCUT2D eigenvalue weighted by Gasteiger charge is 2.53. The molecule has 0 amide bonds. The maximum atomic E-state index is 11.2. The lowest BCUT2D eigenvalue weighted by Gasteiger charge is -2.49. The Hall–Kier alpha value is -0.480. The molecule has 12 heteroatoms. The van der Waals surface area contributed by atoms with Crippen LogP contribution in [0.15, 0.2) is 0 Å². The number of hydrogen-bond acceptors (Lipinski definition) is 11. The Labute approximate surface area is 283 Å². The molecular weight excluding hydrogens is 610 g/mol. The number of nitrogens with zero attached hydrogens (tertiary/aromatic N) is 1. The first-order valence-electron chi connectivity index (χ1n) is 18.1. The van der Waals surface area contributed by atoms with Crippen molar-refractivity contribution in [3.8, 4) is 0 Å². The van der Waals surface area contributed by atoms with Gasteiger partial charge in [0.15, 0.2) is 0 Å². The van der Waals surface area contributed by atoms with E-state index in [2.05, 4.69) is 21.0 Å². The average Bonchev–Trinajstić information content (AvgIpc) is 3.01. The monoisotopic (exact) mass is 680 g/mol. The molecule has 0 radical (unpaired) electrons. The van der Waals surface area contributed by atoms with E-state index in [1.807, 2.05) is 6.92 Å². The predicted octanol–water partition coefficient (Wildman–Crippen LogP) is 1.92. The molecule has 0 aliphatic carbocycles. The first kappa shape index (κ1) is 42.7. The molecule has 280 valence electrons. The number of unbranched alkanes of at least 4 members (excludes halogenated alkanes) is 9. The molecule has 12 nitrogen and oxygen atoms in total. The van der Waals surface area contributed by atoms with Gasteiger partial charge in [-0.25, -0.2) is 0 Å². The van der Waals surface area contributed by atoms with E-state index in [9.17, 15) is 30.6 Å². The van der Waals surface area contributed by atoms with Gasteiger partial charge < -0.3 is 58.8 Å². The third-order valence-corrected chi connectivity index (χ3v) is 9.98. The normalized spacial score (nSPS) is 35.7. The fraction of sp³-hybridized carbons (Fsp3) is 1.00. The number of quaternary nitrogens is 1. The van der Waals surface area contributed by atoms with Crippen molar-refractivity contribution in [1.29, 1.82) is 0 Å². The van der Waals surface area contributed by atoms with Crippen molar-refractivity contribution in [3.05, 3.63) is 0 Å². The van der Waals surface area contributed by atoms with Crippen LogP contribution in [-0.4, -0.2) is 162 Å². The summed E-state index contributed by atoms with van der Waals surface area (Å²) in [6.45, 7) is 8.36. The summed E-state index contributed by atoms with van der Waals surface area (Å²) in [6, 6.07) is 0. The van der Waals surface area contributed by atoms with Crippen LogP contribution < -0.4 is 0 Å². The van der Waals surface area contributed by atoms with Gasteiger partial charge in [-0.3, -0.25) is 0 Å². The molecule has 0 aromatic carbocycles. The van der Waals surface area contributed by atoms with Crippen molar-refractivity contribution in [2.45, 2.75) is 164 Å². The van der Waals surface area contributed by atoms with Gasteiger partial charge in [-0.15, -0.1) is 0 Å². The fourth-order valence-electron chi connectivity index (χ4n) is 7.00. The van der Waals surface area contributed by atoms with Gasteiger partial charge in [0.05, 0.1) is 53.2 Å². The second-order valence-electron chi connectivity index (χ2n) is 15.1. The van der Waals surface area contributed by atoms with Crippen LogP contribution in [0.5, 0.6) is 0 Å². The maximum Gasteiger partial charge on any atom is 0.126 e. The number of likely N-dealkylation sites (N-methyl/N-ethyl adjacent to an activating group) is 1. The van der Waals surface area contributed by atoms with E-state index >= 15 is 0 Å². The van der Waals surface area contributed by atoms with E-state index in [-0.39, 0.29) is 26.4 Å². The molecule has 2 aliphatic rings. The highest BCUT2D eigenvalue weighted by atomic mass is 16.6. The summed E-state index contributed by atoms with van der Waals surface area (Å²) in [7, 11) is 5.67. The summed E-state index contributed by atoms with van der Waals surface area (Å²) in [5.41, 5.74) is -2.55. The predicted molar refractivity (Wildman–Crippen MR) is 179 cm³/mol. The van der Waals surface area contributed by atoms with Crippen molar-refractivity contribution in [2.75, 3.05) is 60.7 Å². The Balaban J connectivity index is 1.88. The lowest BCUT2D eigenvalue weighted by Crippen LogP contribution is -2.67. The largest absolute Gasteiger partial charge is 0.388 e. The summed E-state index contributed by atoms with van der Waals surface area (Å²) in [5, 5.41) is 64.6. The number of aliphatic hydroxyl groups is 6. The van der Waals surface area contributed by atoms with Crippen LogP contribution in [0.4, 0.5) is 0 Å². The summed E-state index contributed by atoms with van der Waals surface area (Å²) in [4.78, 5) is 0. The van der Waals surface area contributed by atoms with Crippen LogP contribution in [0.25, 0.3) is 0 Å². The molecule has 2 aliphatic heterocycles. The van der Waals surface area contributed by atoms with Crippen molar-refractivity contribution >= 4 is 0 Å². The number of aliphatic hydroxyl groups excluding tert-OH is 6. The third kappa shape index (κ3) is 13.0. The molecule has 5 unspecified atom stereocenters. The zero-order valence-electron chi connectivity index (χ0n) is 30.4. The molecule has 0 bridgehead atoms. The van der Waals surface area contributed by atoms with Crippen LogP contribution in [0.3, 0.4) is 0 Å². The highest BCUT2D eigenvalue weighted by molar-refractivity contribution is 5.02. The van der Waals surface area contributed by atoms with Gasteiger partial charge in [0.25, 0.3) is 0 Å². The molecule has 0 spiro atoms. The number of methoxy groups -OCH3 is 1. The summed E-state index contributed by atoms with van der Waals surface area (Å²) < 4.78 is 29.8. The van der Waals surface area contributed by atoms with E-state index in [0.717, 1.165) is 13.0 Å². The second kappa shape index (κ2) is 20.4. The Bertz CT molecular complexity index is 850. The van der Waals surface area contributed by atoms with Gasteiger partial charge in [-0.2, -0.15) is 0 Å². The highest BCUT2D eigenvalue weighted by Crippen LogP contribution is 2.34. The van der Waals surface area contributed by atoms with E-state index in [1.54, 1.807) is 13.8 Å². The van der Waals surface area contributed by atoms with Crippen LogP contribution in [0.1, 0.15) is 98.3 Å². The Morgan fingerprint density at radius 3 is 1.85 bits per heavy atom. The molecule has 0 aromatic rings. The zero-order valence-corrected chi connectivity index (χ0v) is 30.4. The first-order valence-corrected chi connectivity index (χ1v) is 18.1. The Morgan fingerprint density at radius 1 is 0.723 bits per heavy atom. The molecule has 2 rings (SSSR count). The van der Waals surface area contributed by atoms with Crippen molar-refractivity contribution in [2.24, 2.45) is 0 Å². The third-order valence-electron chi connectivity index (χ3n) is 9.98. The van der Waals surface area contributed by atoms with Crippen LogP contribution in [0, 0.1) is 0 Å². The molecule has 2 fully saturated rings. The minimum Gasteiger partial charge on any atom is -0.388 e. The van der Waals surface area contributed by atoms with Gasteiger partial charge in [-0.1, -0.05) is 65.2 Å². The van der Waals surface area contributed by atoms with E-state index in [0.29, 0.717) is 17.4 Å². The molecule has 2 saturated heterocycles. The van der Waals surface area contributed by atoms with Gasteiger partial charge in [-0.05, 0) is 33.1 Å². The SMILES string of the molecule is CCCCCCCCCCCC[N+](C)(C)CC(O)CO[C@@H]1C(O)[C@@H](COCC2(C)O[C@H](CC)C(O)[C@@H](O)[C@H]2O)OC(C)(COC)[C@@H]1O. The molecule has 2 heterocycles. The number of ether oxygens (including phenoxy) is 5. The first-order chi connectivity index (χ1) is 22.1. The van der Waals surface area contributed by atoms with Crippen molar-refractivity contribution in [3.63, 3.8) is 0 Å². The fourth-order valence-corrected chi connectivity index (χ4v) is 7.00. The number of hydrogen-bond donors (Lipinski definition) is 6. The lowest BCUT2D eigenvalue weighted by molar-refractivity contribution is -0.893. The molecular formula is C35H70NO11+. The Kier molecular flexibility index (Phi) is 18.5. The quantitative estimate of drug-likeness (QED) is 0.0690. The van der Waals surface area contributed by atoms with Crippen molar-refractivity contribution < 1.29 is 58.8 Å². The molecule has 6 N–H and O–H groups in total. The Morgan fingerprint density at radius 2 is 1.28 bits per heavy atom. The summed E-state index contributed by atoms with van der Waals surface area (Å²) in [6.07, 6.45) is 3.08. The van der Waals surface area contributed by atoms with Gasteiger partial charge in [0.1, 0.15) is 66.6 Å². The van der Waals surface area contributed by atoms with E-state index in [4.69, 9.17) is 23.7 Å². The van der Waals surface area contributed by atoms with Crippen LogP contribution >= 0.6 is 0 Å². The zero-order chi connectivity index (χ0) is 35.3. The van der Waals surface area contributed by atoms with Crippen LogP contribution in [-0.2, 0) is 23.7 Å². The summed E-state index contributed by atoms with van der Waals surface area (Å²) in [5.74, 6) is 0. The number of rotatable bonds is 23. The topological polar surface area (TPSA) is 168 Å². The lowest BCUT2D eigenvalue weighted by atomic mass is 9.85. The second-order valence-corrected chi connectivity index (χ2v) is 15.1. The minimum absolute atomic E-state index is 0.0182. The molecule has 11 atom stereocenters. The van der Waals surface area contributed by atoms with E-state index in [1.165, 1.54) is 64.9 Å². The molecule has 0 saturated carbocycles. The minimum atomic E-state index is -1.40. The molecule has 47 heavy (non-hydrogen) atoms. The van der Waals surface area contributed by atoms with Gasteiger partial charge in [0, 0.05) is 7.11 Å². The molecule has 0 aromatic heterocycles. The van der Waals surface area contributed by atoms with E-state index < -0.39 is 66.1 Å². The summed E-state index contributed by atoms with van der Waals surface area (Å²) >= 11 is 0. The standard InChI is InChI=1S/C35H70NO11/c1-8-10-11-12-13-14-15-16-17-18-19-36(5,6)20-25(37)21-45-31-29(39)27(47-34(3,23-43-7)33(31)42)22-44-24-35(4)32(41)30(40)28(38)26(9-2)46-35/h25-33,37-42H,8-24H2,1-7H3/q+1/t25?,26-,27-,28?,29?,30-,31-,32-,33-,34?,35?/m1/s1. The van der Waals surface area contributed by atoms with Gasteiger partial charge >= 0.3 is 0 Å². The smallest absolute Gasteiger partial charge is 0.126 e. The van der Waals surface area contributed by atoms with Crippen molar-refractivity contribution in [1.82, 2.24) is 0 Å². The van der Waals surface area contributed by atoms with Crippen LogP contribution in [0.2, 0.25) is 0 Å². The van der Waals surface area contributed by atoms with Gasteiger partial charge in [0.2, 0.25) is 0 Å².